The summed E-state index contributed by atoms with van der Waals surface area (Å²) in [5.41, 5.74) is 1.52. The van der Waals surface area contributed by atoms with E-state index in [2.05, 4.69) is 10.5 Å². The Bertz CT molecular complexity index is 546. The molecule has 0 saturated carbocycles. The molecule has 0 radical (unpaired) electrons. The monoisotopic (exact) mass is 260 g/mol. The molecule has 100 valence electrons. The van der Waals surface area contributed by atoms with Crippen molar-refractivity contribution in [1.29, 1.82) is 0 Å². The number of nitrogens with zero attached hydrogens (tertiary/aromatic N) is 1. The molecule has 0 atom stereocenters. The summed E-state index contributed by atoms with van der Waals surface area (Å²) in [6.07, 6.45) is 0.230. The van der Waals surface area contributed by atoms with Gasteiger partial charge < -0.3 is 14.6 Å². The summed E-state index contributed by atoms with van der Waals surface area (Å²) in [6, 6.07) is 9.24. The Balaban J connectivity index is 2.09. The first kappa shape index (κ1) is 13.1. The molecular weight excluding hydrogens is 244 g/mol. The van der Waals surface area contributed by atoms with Gasteiger partial charge in [-0.15, -0.1) is 0 Å². The van der Waals surface area contributed by atoms with Gasteiger partial charge in [-0.1, -0.05) is 5.16 Å². The minimum atomic E-state index is -0.0583. The van der Waals surface area contributed by atoms with E-state index in [1.807, 2.05) is 31.2 Å². The molecule has 5 heteroatoms. The zero-order valence-electron chi connectivity index (χ0n) is 11.0. The number of hydrogen-bond acceptors (Lipinski definition) is 4. The lowest BCUT2D eigenvalue weighted by Crippen LogP contribution is -2.24. The summed E-state index contributed by atoms with van der Waals surface area (Å²) < 4.78 is 10.3. The predicted octanol–water partition coefficient (Wildman–Crippen LogP) is 2.03. The lowest BCUT2D eigenvalue weighted by Gasteiger charge is -1.99. The first-order valence-electron chi connectivity index (χ1n) is 6.09. The number of amides is 1. The maximum Gasteiger partial charge on any atom is 0.226 e. The number of benzene rings is 1. The van der Waals surface area contributed by atoms with Crippen molar-refractivity contribution < 1.29 is 14.1 Å². The van der Waals surface area contributed by atoms with E-state index in [1.54, 1.807) is 13.2 Å². The molecule has 0 aliphatic rings. The van der Waals surface area contributed by atoms with Crippen LogP contribution in [0.1, 0.15) is 12.6 Å². The summed E-state index contributed by atoms with van der Waals surface area (Å²) in [5, 5.41) is 6.61. The Morgan fingerprint density at radius 2 is 2.11 bits per heavy atom. The van der Waals surface area contributed by atoms with Crippen molar-refractivity contribution in [3.8, 4) is 17.1 Å². The van der Waals surface area contributed by atoms with Crippen LogP contribution in [0.5, 0.6) is 5.75 Å². The molecule has 0 fully saturated rings. The van der Waals surface area contributed by atoms with E-state index < -0.39 is 0 Å². The molecule has 5 nitrogen and oxygen atoms in total. The molecule has 2 rings (SSSR count). The first-order chi connectivity index (χ1) is 9.22. The molecule has 0 spiro atoms. The molecule has 1 amide bonds. The second kappa shape index (κ2) is 6.04. The average Bonchev–Trinajstić information content (AvgIpc) is 2.87. The van der Waals surface area contributed by atoms with E-state index in [1.165, 1.54) is 0 Å². The van der Waals surface area contributed by atoms with Crippen LogP contribution in [0.25, 0.3) is 11.3 Å². The number of methoxy groups -OCH3 is 1. The van der Waals surface area contributed by atoms with Gasteiger partial charge >= 0.3 is 0 Å². The van der Waals surface area contributed by atoms with E-state index in [0.29, 0.717) is 18.0 Å². The van der Waals surface area contributed by atoms with Crippen LogP contribution in [0, 0.1) is 0 Å². The standard InChI is InChI=1S/C14H16N2O3/c1-3-15-14(17)9-11-8-13(19-16-11)10-4-6-12(18-2)7-5-10/h4-8H,3,9H2,1-2H3,(H,15,17). The highest BCUT2D eigenvalue weighted by Gasteiger charge is 2.10. The minimum absolute atomic E-state index is 0.0583. The molecule has 0 aliphatic heterocycles. The third kappa shape index (κ3) is 3.34. The van der Waals surface area contributed by atoms with Gasteiger partial charge in [-0.25, -0.2) is 0 Å². The quantitative estimate of drug-likeness (QED) is 0.893. The molecule has 2 aromatic rings. The maximum absolute atomic E-state index is 11.4. The fraction of sp³-hybridized carbons (Fsp3) is 0.286. The second-order valence-corrected chi connectivity index (χ2v) is 4.04. The smallest absolute Gasteiger partial charge is 0.226 e. The molecule has 1 aromatic carbocycles. The van der Waals surface area contributed by atoms with Crippen LogP contribution in [0.15, 0.2) is 34.9 Å². The van der Waals surface area contributed by atoms with Crippen LogP contribution in [0.3, 0.4) is 0 Å². The number of nitrogens with one attached hydrogen (secondary N) is 1. The largest absolute Gasteiger partial charge is 0.497 e. The Morgan fingerprint density at radius 1 is 1.37 bits per heavy atom. The normalized spacial score (nSPS) is 10.2. The molecule has 0 bridgehead atoms. The fourth-order valence-electron chi connectivity index (χ4n) is 1.71. The third-order valence-corrected chi connectivity index (χ3v) is 2.65. The van der Waals surface area contributed by atoms with Crippen LogP contribution in [-0.2, 0) is 11.2 Å². The minimum Gasteiger partial charge on any atom is -0.497 e. The topological polar surface area (TPSA) is 64.4 Å². The summed E-state index contributed by atoms with van der Waals surface area (Å²) in [7, 11) is 1.62. The highest BCUT2D eigenvalue weighted by atomic mass is 16.5. The molecular formula is C14H16N2O3. The Labute approximate surface area is 111 Å². The van der Waals surface area contributed by atoms with Crippen LogP contribution in [-0.4, -0.2) is 24.7 Å². The van der Waals surface area contributed by atoms with Gasteiger partial charge in [-0.3, -0.25) is 4.79 Å². The Hall–Kier alpha value is -2.30. The number of carbonyl (C=O) groups is 1. The van der Waals surface area contributed by atoms with Gasteiger partial charge in [0.1, 0.15) is 5.75 Å². The van der Waals surface area contributed by atoms with Crippen molar-refractivity contribution >= 4 is 5.91 Å². The van der Waals surface area contributed by atoms with E-state index in [0.717, 1.165) is 11.3 Å². The van der Waals surface area contributed by atoms with Crippen LogP contribution in [0.2, 0.25) is 0 Å². The van der Waals surface area contributed by atoms with Crippen molar-refractivity contribution in [2.75, 3.05) is 13.7 Å². The Morgan fingerprint density at radius 3 is 2.74 bits per heavy atom. The van der Waals surface area contributed by atoms with Crippen molar-refractivity contribution in [2.24, 2.45) is 0 Å². The van der Waals surface area contributed by atoms with Gasteiger partial charge in [-0.2, -0.15) is 0 Å². The zero-order chi connectivity index (χ0) is 13.7. The van der Waals surface area contributed by atoms with E-state index in [9.17, 15) is 4.79 Å². The summed E-state index contributed by atoms with van der Waals surface area (Å²) in [6.45, 7) is 2.49. The number of ether oxygens (including phenoxy) is 1. The predicted molar refractivity (Wildman–Crippen MR) is 70.9 cm³/mol. The van der Waals surface area contributed by atoms with E-state index in [4.69, 9.17) is 9.26 Å². The Kier molecular flexibility index (Phi) is 4.18. The summed E-state index contributed by atoms with van der Waals surface area (Å²) in [5.74, 6) is 1.37. The van der Waals surface area contributed by atoms with Gasteiger partial charge in [0.05, 0.1) is 19.2 Å². The number of aromatic nitrogens is 1. The van der Waals surface area contributed by atoms with Gasteiger partial charge in [0.2, 0.25) is 5.91 Å². The van der Waals surface area contributed by atoms with Crippen molar-refractivity contribution in [1.82, 2.24) is 10.5 Å². The van der Waals surface area contributed by atoms with Crippen LogP contribution in [0.4, 0.5) is 0 Å². The highest BCUT2D eigenvalue weighted by Crippen LogP contribution is 2.23. The summed E-state index contributed by atoms with van der Waals surface area (Å²) >= 11 is 0. The average molecular weight is 260 g/mol. The van der Waals surface area contributed by atoms with Crippen molar-refractivity contribution in [2.45, 2.75) is 13.3 Å². The van der Waals surface area contributed by atoms with E-state index >= 15 is 0 Å². The highest BCUT2D eigenvalue weighted by molar-refractivity contribution is 5.78. The maximum atomic E-state index is 11.4. The lowest BCUT2D eigenvalue weighted by molar-refractivity contribution is -0.120. The van der Waals surface area contributed by atoms with Crippen LogP contribution < -0.4 is 10.1 Å². The van der Waals surface area contributed by atoms with Crippen LogP contribution >= 0.6 is 0 Å². The second-order valence-electron chi connectivity index (χ2n) is 4.04. The van der Waals surface area contributed by atoms with Gasteiger partial charge in [0.25, 0.3) is 0 Å². The van der Waals surface area contributed by atoms with Gasteiger partial charge in [-0.05, 0) is 31.2 Å². The van der Waals surface area contributed by atoms with E-state index in [-0.39, 0.29) is 12.3 Å². The zero-order valence-corrected chi connectivity index (χ0v) is 11.0. The third-order valence-electron chi connectivity index (χ3n) is 2.65. The number of carbonyl (C=O) groups excluding carboxylic acids is 1. The molecule has 19 heavy (non-hydrogen) atoms. The number of likely N-dealkylation sites (N-methyl/N-ethyl adjacent to an activating group) is 1. The SMILES string of the molecule is CCNC(=O)Cc1cc(-c2ccc(OC)cc2)on1. The molecule has 0 saturated heterocycles. The van der Waals surface area contributed by atoms with Crippen molar-refractivity contribution in [3.63, 3.8) is 0 Å². The molecule has 1 N–H and O–H groups in total. The van der Waals surface area contributed by atoms with Gasteiger partial charge in [0.15, 0.2) is 5.76 Å². The molecule has 1 heterocycles. The fourth-order valence-corrected chi connectivity index (χ4v) is 1.71. The lowest BCUT2D eigenvalue weighted by atomic mass is 10.1. The molecule has 1 aromatic heterocycles. The number of rotatable bonds is 5. The van der Waals surface area contributed by atoms with Gasteiger partial charge in [0, 0.05) is 18.2 Å². The number of hydrogen-bond donors (Lipinski definition) is 1. The molecule has 0 unspecified atom stereocenters. The first-order valence-corrected chi connectivity index (χ1v) is 6.09. The summed E-state index contributed by atoms with van der Waals surface area (Å²) in [4.78, 5) is 11.4. The van der Waals surface area contributed by atoms with Crippen molar-refractivity contribution in [3.05, 3.63) is 36.0 Å². The molecule has 0 aliphatic carbocycles.